The molecule has 1 aliphatic carbocycles. The van der Waals surface area contributed by atoms with E-state index in [9.17, 15) is 4.79 Å². The summed E-state index contributed by atoms with van der Waals surface area (Å²) >= 11 is 2.31. The van der Waals surface area contributed by atoms with E-state index in [1.165, 1.54) is 9.13 Å². The molecule has 2 N–H and O–H groups in total. The van der Waals surface area contributed by atoms with Crippen molar-refractivity contribution in [2.45, 2.75) is 25.8 Å². The Balaban J connectivity index is 1.66. The van der Waals surface area contributed by atoms with Crippen molar-refractivity contribution in [3.05, 3.63) is 33.4 Å². The maximum atomic E-state index is 11.4. The third-order valence-corrected chi connectivity index (χ3v) is 3.91. The van der Waals surface area contributed by atoms with Crippen LogP contribution >= 0.6 is 22.6 Å². The van der Waals surface area contributed by atoms with Crippen molar-refractivity contribution in [1.29, 1.82) is 0 Å². The van der Waals surface area contributed by atoms with E-state index in [4.69, 9.17) is 0 Å². The minimum atomic E-state index is 0.221. The fraction of sp³-hybridized carbons (Fsp3) is 0.500. The summed E-state index contributed by atoms with van der Waals surface area (Å²) in [5, 5.41) is 6.37. The quantitative estimate of drug-likeness (QED) is 0.606. The van der Waals surface area contributed by atoms with E-state index in [2.05, 4.69) is 64.4 Å². The van der Waals surface area contributed by atoms with Gasteiger partial charge in [-0.05, 0) is 60.1 Å². The van der Waals surface area contributed by atoms with E-state index in [0.717, 1.165) is 19.4 Å². The Morgan fingerprint density at radius 1 is 1.33 bits per heavy atom. The number of nitrogens with one attached hydrogen (secondary N) is 2. The van der Waals surface area contributed by atoms with Crippen LogP contribution in [0, 0.1) is 9.49 Å². The fourth-order valence-electron chi connectivity index (χ4n) is 1.83. The van der Waals surface area contributed by atoms with E-state index in [1.54, 1.807) is 0 Å². The average Bonchev–Trinajstić information content (AvgIpc) is 3.19. The van der Waals surface area contributed by atoms with Crippen LogP contribution in [0.5, 0.6) is 0 Å². The van der Waals surface area contributed by atoms with Gasteiger partial charge in [-0.1, -0.05) is 12.1 Å². The summed E-state index contributed by atoms with van der Waals surface area (Å²) in [5.41, 5.74) is 1.28. The molecule has 18 heavy (non-hydrogen) atoms. The van der Waals surface area contributed by atoms with Gasteiger partial charge in [-0.15, -0.1) is 0 Å². The van der Waals surface area contributed by atoms with Gasteiger partial charge in [0.2, 0.25) is 5.91 Å². The molecular weight excluding hydrogens is 339 g/mol. The molecule has 0 heterocycles. The van der Waals surface area contributed by atoms with Crippen LogP contribution in [0.1, 0.15) is 31.4 Å². The van der Waals surface area contributed by atoms with Gasteiger partial charge in [0, 0.05) is 28.6 Å². The lowest BCUT2D eigenvalue weighted by atomic mass is 10.1. The van der Waals surface area contributed by atoms with Crippen LogP contribution in [0.4, 0.5) is 0 Å². The molecule has 0 radical (unpaired) electrons. The monoisotopic (exact) mass is 358 g/mol. The second-order valence-electron chi connectivity index (χ2n) is 4.79. The molecule has 1 aliphatic rings. The van der Waals surface area contributed by atoms with Gasteiger partial charge in [-0.25, -0.2) is 0 Å². The number of hydrogen-bond acceptors (Lipinski definition) is 2. The molecule has 2 rings (SSSR count). The van der Waals surface area contributed by atoms with E-state index in [-0.39, 0.29) is 5.91 Å². The molecule has 98 valence electrons. The number of halogens is 1. The molecule has 0 spiro atoms. The van der Waals surface area contributed by atoms with Crippen LogP contribution in [0.3, 0.4) is 0 Å². The lowest BCUT2D eigenvalue weighted by Crippen LogP contribution is -2.33. The fourth-order valence-corrected chi connectivity index (χ4v) is 2.19. The van der Waals surface area contributed by atoms with Gasteiger partial charge in [-0.3, -0.25) is 4.79 Å². The number of carbonyl (C=O) groups is 1. The zero-order chi connectivity index (χ0) is 13.0. The first kappa shape index (κ1) is 13.8. The summed E-state index contributed by atoms with van der Waals surface area (Å²) in [6.45, 7) is 3.67. The predicted octanol–water partition coefficient (Wildman–Crippen LogP) is 2.47. The lowest BCUT2D eigenvalue weighted by molar-refractivity contribution is -0.122. The van der Waals surface area contributed by atoms with Crippen molar-refractivity contribution in [1.82, 2.24) is 10.6 Å². The zero-order valence-corrected chi connectivity index (χ0v) is 12.7. The SMILES string of the molecule is CC(NCCNC(=O)C1CC1)c1ccc(I)cc1. The standard InChI is InChI=1S/C14H19IN2O/c1-10(11-4-6-13(15)7-5-11)16-8-9-17-14(18)12-2-3-12/h4-7,10,12,16H,2-3,8-9H2,1H3,(H,17,18). The van der Waals surface area contributed by atoms with Gasteiger partial charge in [0.05, 0.1) is 0 Å². The molecule has 1 atom stereocenters. The van der Waals surface area contributed by atoms with Crippen molar-refractivity contribution in [3.63, 3.8) is 0 Å². The lowest BCUT2D eigenvalue weighted by Gasteiger charge is -2.14. The van der Waals surface area contributed by atoms with Crippen LogP contribution < -0.4 is 10.6 Å². The highest BCUT2D eigenvalue weighted by Gasteiger charge is 2.28. The van der Waals surface area contributed by atoms with Gasteiger partial charge in [0.15, 0.2) is 0 Å². The molecule has 0 aliphatic heterocycles. The summed E-state index contributed by atoms with van der Waals surface area (Å²) < 4.78 is 1.25. The second-order valence-corrected chi connectivity index (χ2v) is 6.04. The highest BCUT2D eigenvalue weighted by molar-refractivity contribution is 14.1. The van der Waals surface area contributed by atoms with Crippen molar-refractivity contribution >= 4 is 28.5 Å². The van der Waals surface area contributed by atoms with Crippen molar-refractivity contribution in [2.24, 2.45) is 5.92 Å². The Hall–Kier alpha value is -0.620. The Bertz CT molecular complexity index is 401. The molecular formula is C14H19IN2O. The Morgan fingerprint density at radius 3 is 2.61 bits per heavy atom. The number of benzene rings is 1. The van der Waals surface area contributed by atoms with Crippen LogP contribution in [-0.2, 0) is 4.79 Å². The Labute approximate surface area is 122 Å². The third kappa shape index (κ3) is 4.24. The maximum absolute atomic E-state index is 11.4. The normalized spacial score (nSPS) is 16.3. The smallest absolute Gasteiger partial charge is 0.223 e. The molecule has 1 aromatic carbocycles. The molecule has 1 amide bonds. The number of amides is 1. The first-order valence-corrected chi connectivity index (χ1v) is 7.51. The maximum Gasteiger partial charge on any atom is 0.223 e. The molecule has 0 bridgehead atoms. The molecule has 0 saturated heterocycles. The van der Waals surface area contributed by atoms with E-state index in [1.807, 2.05) is 0 Å². The van der Waals surface area contributed by atoms with E-state index < -0.39 is 0 Å². The highest BCUT2D eigenvalue weighted by Crippen LogP contribution is 2.28. The van der Waals surface area contributed by atoms with E-state index >= 15 is 0 Å². The Kier molecular flexibility index (Phi) is 5.00. The summed E-state index contributed by atoms with van der Waals surface area (Å²) in [5.74, 6) is 0.525. The van der Waals surface area contributed by atoms with Gasteiger partial charge >= 0.3 is 0 Å². The number of carbonyl (C=O) groups excluding carboxylic acids is 1. The second kappa shape index (κ2) is 6.52. The zero-order valence-electron chi connectivity index (χ0n) is 10.6. The van der Waals surface area contributed by atoms with Gasteiger partial charge in [0.25, 0.3) is 0 Å². The summed E-state index contributed by atoms with van der Waals surface area (Å²) in [6.07, 6.45) is 2.14. The van der Waals surface area contributed by atoms with Crippen LogP contribution in [0.2, 0.25) is 0 Å². The molecule has 0 aromatic heterocycles. The van der Waals surface area contributed by atoms with Crippen molar-refractivity contribution < 1.29 is 4.79 Å². The topological polar surface area (TPSA) is 41.1 Å². The summed E-state index contributed by atoms with van der Waals surface area (Å²) in [6, 6.07) is 8.83. The molecule has 1 aromatic rings. The van der Waals surface area contributed by atoms with Crippen LogP contribution in [-0.4, -0.2) is 19.0 Å². The molecule has 3 nitrogen and oxygen atoms in total. The van der Waals surface area contributed by atoms with Crippen LogP contribution in [0.25, 0.3) is 0 Å². The minimum absolute atomic E-state index is 0.221. The van der Waals surface area contributed by atoms with Gasteiger partial charge in [-0.2, -0.15) is 0 Å². The molecule has 1 saturated carbocycles. The summed E-state index contributed by atoms with van der Waals surface area (Å²) in [4.78, 5) is 11.4. The van der Waals surface area contributed by atoms with Gasteiger partial charge < -0.3 is 10.6 Å². The predicted molar refractivity (Wildman–Crippen MR) is 81.3 cm³/mol. The van der Waals surface area contributed by atoms with Crippen molar-refractivity contribution in [2.75, 3.05) is 13.1 Å². The molecule has 1 fully saturated rings. The molecule has 4 heteroatoms. The van der Waals surface area contributed by atoms with Crippen LogP contribution in [0.15, 0.2) is 24.3 Å². The summed E-state index contributed by atoms with van der Waals surface area (Å²) in [7, 11) is 0. The number of rotatable bonds is 6. The first-order chi connectivity index (χ1) is 8.66. The third-order valence-electron chi connectivity index (χ3n) is 3.19. The molecule has 1 unspecified atom stereocenters. The minimum Gasteiger partial charge on any atom is -0.355 e. The number of hydrogen-bond donors (Lipinski definition) is 2. The Morgan fingerprint density at radius 2 is 2.00 bits per heavy atom. The van der Waals surface area contributed by atoms with Crippen molar-refractivity contribution in [3.8, 4) is 0 Å². The average molecular weight is 358 g/mol. The largest absolute Gasteiger partial charge is 0.355 e. The van der Waals surface area contributed by atoms with E-state index in [0.29, 0.717) is 18.5 Å². The van der Waals surface area contributed by atoms with Gasteiger partial charge in [0.1, 0.15) is 0 Å². The highest BCUT2D eigenvalue weighted by atomic mass is 127. The first-order valence-electron chi connectivity index (χ1n) is 6.43.